The molecule has 0 spiro atoms. The first-order valence-electron chi connectivity index (χ1n) is 10.3. The molecular weight excluding hydrogens is 426 g/mol. The van der Waals surface area contributed by atoms with Gasteiger partial charge in [-0.15, -0.1) is 11.3 Å². The van der Waals surface area contributed by atoms with Crippen molar-refractivity contribution in [3.8, 4) is 0 Å². The van der Waals surface area contributed by atoms with Gasteiger partial charge in [-0.05, 0) is 51.9 Å². The molecule has 0 aliphatic carbocycles. The summed E-state index contributed by atoms with van der Waals surface area (Å²) in [7, 11) is 0. The molecule has 0 aliphatic rings. The summed E-state index contributed by atoms with van der Waals surface area (Å²) in [6, 6.07) is 21.9. The molecule has 1 unspecified atom stereocenters. The third-order valence-corrected chi connectivity index (χ3v) is 6.58. The van der Waals surface area contributed by atoms with Crippen molar-refractivity contribution in [2.45, 2.75) is 32.8 Å². The molecule has 158 valence electrons. The van der Waals surface area contributed by atoms with Crippen molar-refractivity contribution in [3.05, 3.63) is 99.0 Å². The van der Waals surface area contributed by atoms with E-state index in [9.17, 15) is 4.79 Å². The predicted molar refractivity (Wildman–Crippen MR) is 128 cm³/mol. The molecule has 2 aromatic carbocycles. The molecule has 0 bridgehead atoms. The number of nitrogens with zero attached hydrogens (tertiary/aromatic N) is 1. The van der Waals surface area contributed by atoms with E-state index in [1.165, 1.54) is 5.56 Å². The van der Waals surface area contributed by atoms with Gasteiger partial charge in [0.25, 0.3) is 0 Å². The van der Waals surface area contributed by atoms with Crippen molar-refractivity contribution in [2.75, 3.05) is 0 Å². The molecule has 0 saturated carbocycles. The third-order valence-electron chi connectivity index (χ3n) is 5.25. The predicted octanol–water partition coefficient (Wildman–Crippen LogP) is 7.02. The van der Waals surface area contributed by atoms with E-state index < -0.39 is 0 Å². The van der Waals surface area contributed by atoms with Crippen LogP contribution in [-0.2, 0) is 22.6 Å². The zero-order valence-corrected chi connectivity index (χ0v) is 19.1. The van der Waals surface area contributed by atoms with Crippen molar-refractivity contribution < 1.29 is 9.53 Å². The van der Waals surface area contributed by atoms with Crippen LogP contribution in [0.15, 0.2) is 72.1 Å². The highest BCUT2D eigenvalue weighted by molar-refractivity contribution is 7.11. The van der Waals surface area contributed by atoms with Gasteiger partial charge in [-0.2, -0.15) is 0 Å². The first-order valence-corrected chi connectivity index (χ1v) is 11.6. The van der Waals surface area contributed by atoms with Crippen LogP contribution in [0.5, 0.6) is 0 Å². The molecule has 0 amide bonds. The summed E-state index contributed by atoms with van der Waals surface area (Å²) in [6.45, 7) is 4.26. The van der Waals surface area contributed by atoms with E-state index in [-0.39, 0.29) is 24.4 Å². The molecule has 2 aromatic heterocycles. The summed E-state index contributed by atoms with van der Waals surface area (Å²) in [5, 5.41) is 4.87. The first kappa shape index (κ1) is 21.5. The van der Waals surface area contributed by atoms with Gasteiger partial charge in [-0.3, -0.25) is 9.78 Å². The number of pyridine rings is 1. The van der Waals surface area contributed by atoms with Gasteiger partial charge in [-0.25, -0.2) is 0 Å². The summed E-state index contributed by atoms with van der Waals surface area (Å²) in [5.74, 6) is -0.428. The van der Waals surface area contributed by atoms with E-state index in [1.807, 2.05) is 73.8 Å². The Bertz CT molecular complexity index is 1190. The normalized spacial score (nSPS) is 12.3. The van der Waals surface area contributed by atoms with Crippen LogP contribution < -0.4 is 0 Å². The first-order chi connectivity index (χ1) is 15.0. The standard InChI is InChI=1S/C26H24ClNO2S/c1-17(2)24(25-23-12-11-20(27)14-19(23)16-31-25)26(29)30-15-22-10-6-9-21(28-22)13-18-7-4-3-5-8-18/h3-12,14,16-17,24H,13,15H2,1-2H3. The van der Waals surface area contributed by atoms with Gasteiger partial charge in [0.15, 0.2) is 0 Å². The van der Waals surface area contributed by atoms with Crippen LogP contribution >= 0.6 is 22.9 Å². The van der Waals surface area contributed by atoms with Crippen LogP contribution in [0, 0.1) is 5.92 Å². The lowest BCUT2D eigenvalue weighted by atomic mass is 9.92. The molecule has 3 nitrogen and oxygen atoms in total. The number of hydrogen-bond acceptors (Lipinski definition) is 4. The van der Waals surface area contributed by atoms with Crippen molar-refractivity contribution in [1.82, 2.24) is 4.98 Å². The monoisotopic (exact) mass is 449 g/mol. The van der Waals surface area contributed by atoms with Crippen molar-refractivity contribution in [1.29, 1.82) is 0 Å². The highest BCUT2D eigenvalue weighted by Gasteiger charge is 2.29. The molecule has 0 radical (unpaired) electrons. The summed E-state index contributed by atoms with van der Waals surface area (Å²) in [6.07, 6.45) is 0.751. The largest absolute Gasteiger partial charge is 0.459 e. The van der Waals surface area contributed by atoms with Crippen molar-refractivity contribution in [2.24, 2.45) is 5.92 Å². The Morgan fingerprint density at radius 1 is 1.03 bits per heavy atom. The molecule has 2 heterocycles. The van der Waals surface area contributed by atoms with Crippen LogP contribution in [0.1, 0.15) is 41.6 Å². The molecule has 4 rings (SSSR count). The molecular formula is C26H24ClNO2S. The fourth-order valence-corrected chi connectivity index (χ4v) is 5.17. The van der Waals surface area contributed by atoms with E-state index in [0.29, 0.717) is 5.02 Å². The molecule has 0 saturated heterocycles. The van der Waals surface area contributed by atoms with Crippen LogP contribution in [0.25, 0.3) is 10.8 Å². The number of esters is 1. The second kappa shape index (κ2) is 9.63. The fourth-order valence-electron chi connectivity index (χ4n) is 3.72. The number of carbonyl (C=O) groups excluding carboxylic acids is 1. The van der Waals surface area contributed by atoms with Gasteiger partial charge < -0.3 is 4.74 Å². The molecule has 0 N–H and O–H groups in total. The number of aromatic nitrogens is 1. The van der Waals surface area contributed by atoms with Gasteiger partial charge in [0.1, 0.15) is 6.61 Å². The Kier molecular flexibility index (Phi) is 6.69. The molecule has 0 fully saturated rings. The Hall–Kier alpha value is -2.69. The van der Waals surface area contributed by atoms with Crippen molar-refractivity contribution in [3.63, 3.8) is 0 Å². The van der Waals surface area contributed by atoms with E-state index in [1.54, 1.807) is 11.3 Å². The summed E-state index contributed by atoms with van der Waals surface area (Å²) in [4.78, 5) is 18.8. The molecule has 1 atom stereocenters. The number of rotatable bonds is 7. The molecule has 0 aliphatic heterocycles. The maximum atomic E-state index is 13.1. The molecule has 4 aromatic rings. The van der Waals surface area contributed by atoms with E-state index in [0.717, 1.165) is 33.5 Å². The minimum absolute atomic E-state index is 0.113. The molecule has 5 heteroatoms. The highest BCUT2D eigenvalue weighted by atomic mass is 35.5. The zero-order valence-electron chi connectivity index (χ0n) is 17.5. The van der Waals surface area contributed by atoms with Crippen LogP contribution in [-0.4, -0.2) is 11.0 Å². The lowest BCUT2D eigenvalue weighted by molar-refractivity contribution is -0.148. The van der Waals surface area contributed by atoms with Crippen LogP contribution in [0.2, 0.25) is 5.02 Å². The van der Waals surface area contributed by atoms with E-state index in [2.05, 4.69) is 17.1 Å². The topological polar surface area (TPSA) is 39.2 Å². The number of fused-ring (bicyclic) bond motifs is 1. The summed E-state index contributed by atoms with van der Waals surface area (Å²) < 4.78 is 5.73. The number of hydrogen-bond donors (Lipinski definition) is 0. The average molecular weight is 450 g/mol. The Labute approximate surface area is 191 Å². The lowest BCUT2D eigenvalue weighted by Gasteiger charge is -2.19. The van der Waals surface area contributed by atoms with E-state index in [4.69, 9.17) is 16.3 Å². The second-order valence-corrected chi connectivity index (χ2v) is 9.29. The van der Waals surface area contributed by atoms with E-state index >= 15 is 0 Å². The van der Waals surface area contributed by atoms with Gasteiger partial charge in [0.05, 0.1) is 11.6 Å². The quantitative estimate of drug-likeness (QED) is 0.284. The van der Waals surface area contributed by atoms with Crippen molar-refractivity contribution >= 4 is 39.7 Å². The fraction of sp³-hybridized carbons (Fsp3) is 0.231. The Morgan fingerprint density at radius 3 is 2.58 bits per heavy atom. The number of thiophene rings is 1. The Balaban J connectivity index is 1.48. The highest BCUT2D eigenvalue weighted by Crippen LogP contribution is 2.37. The van der Waals surface area contributed by atoms with Gasteiger partial charge >= 0.3 is 5.97 Å². The lowest BCUT2D eigenvalue weighted by Crippen LogP contribution is -2.20. The number of benzene rings is 2. The van der Waals surface area contributed by atoms with Gasteiger partial charge in [-0.1, -0.05) is 67.9 Å². The SMILES string of the molecule is CC(C)C(C(=O)OCc1cccc(Cc2ccccc2)n1)c1scc2cc(Cl)ccc12. The number of ether oxygens (including phenoxy) is 1. The third kappa shape index (κ3) is 5.15. The van der Waals surface area contributed by atoms with Gasteiger partial charge in [0.2, 0.25) is 0 Å². The number of carbonyl (C=O) groups is 1. The Morgan fingerprint density at radius 2 is 1.81 bits per heavy atom. The van der Waals surface area contributed by atoms with Gasteiger partial charge in [0, 0.05) is 22.0 Å². The summed E-state index contributed by atoms with van der Waals surface area (Å²) in [5.41, 5.74) is 2.92. The minimum atomic E-state index is -0.323. The maximum absolute atomic E-state index is 13.1. The smallest absolute Gasteiger partial charge is 0.314 e. The number of halogens is 1. The van der Waals surface area contributed by atoms with Crippen LogP contribution in [0.3, 0.4) is 0 Å². The average Bonchev–Trinajstić information content (AvgIpc) is 3.15. The summed E-state index contributed by atoms with van der Waals surface area (Å²) >= 11 is 7.71. The maximum Gasteiger partial charge on any atom is 0.314 e. The second-order valence-electron chi connectivity index (χ2n) is 7.94. The zero-order chi connectivity index (χ0) is 21.8. The minimum Gasteiger partial charge on any atom is -0.459 e. The molecule has 31 heavy (non-hydrogen) atoms. The van der Waals surface area contributed by atoms with Crippen LogP contribution in [0.4, 0.5) is 0 Å².